The molecule has 0 aliphatic heterocycles. The van der Waals surface area contributed by atoms with E-state index in [1.165, 1.54) is 11.5 Å². The Morgan fingerprint density at radius 3 is 2.56 bits per heavy atom. The van der Waals surface area contributed by atoms with Gasteiger partial charge in [0.05, 0.1) is 32.5 Å². The number of hydrogen-bond donors (Lipinski definition) is 0. The summed E-state index contributed by atoms with van der Waals surface area (Å²) in [6.07, 6.45) is 1.69. The minimum atomic E-state index is 0.497. The summed E-state index contributed by atoms with van der Waals surface area (Å²) in [4.78, 5) is 6.18. The first-order valence-corrected chi connectivity index (χ1v) is 9.19. The Balaban J connectivity index is 1.99. The molecule has 8 heteroatoms. The van der Waals surface area contributed by atoms with E-state index in [1.807, 2.05) is 32.0 Å². The second kappa shape index (κ2) is 7.38. The lowest BCUT2D eigenvalue weighted by molar-refractivity contribution is 0.497. The van der Waals surface area contributed by atoms with Gasteiger partial charge in [-0.3, -0.25) is 0 Å². The first-order chi connectivity index (χ1) is 11.9. The summed E-state index contributed by atoms with van der Waals surface area (Å²) in [5.74, 6) is 0.621. The van der Waals surface area contributed by atoms with Gasteiger partial charge in [-0.05, 0) is 30.7 Å². The molecule has 0 amide bonds. The molecular weight excluding hydrogens is 401 g/mol. The first kappa shape index (κ1) is 18.3. The van der Waals surface area contributed by atoms with E-state index in [0.29, 0.717) is 42.5 Å². The highest BCUT2D eigenvalue weighted by Crippen LogP contribution is 2.43. The summed E-state index contributed by atoms with van der Waals surface area (Å²) in [6, 6.07) is 7.06. The third-order valence-electron chi connectivity index (χ3n) is 3.38. The standard InChI is InChI=1S/C17H14Cl3N3OS/c1-9-6-13(21-8-23(2)3)12(20)7-14(9)24-17-15-10(18)4-5-11(19)16(15)22-25-17/h4-8H,1-3H3. The van der Waals surface area contributed by atoms with Gasteiger partial charge >= 0.3 is 0 Å². The molecule has 0 atom stereocenters. The van der Waals surface area contributed by atoms with Gasteiger partial charge in [0, 0.05) is 31.7 Å². The van der Waals surface area contributed by atoms with Crippen molar-refractivity contribution in [1.29, 1.82) is 0 Å². The normalized spacial score (nSPS) is 11.4. The average Bonchev–Trinajstić information content (AvgIpc) is 2.98. The Labute approximate surface area is 164 Å². The summed E-state index contributed by atoms with van der Waals surface area (Å²) in [6.45, 7) is 1.93. The molecule has 0 fully saturated rings. The van der Waals surface area contributed by atoms with Crippen LogP contribution in [0.5, 0.6) is 10.8 Å². The van der Waals surface area contributed by atoms with Gasteiger partial charge in [-0.25, -0.2) is 4.99 Å². The Morgan fingerprint density at radius 1 is 1.12 bits per heavy atom. The molecule has 0 aliphatic carbocycles. The fourth-order valence-corrected chi connectivity index (χ4v) is 3.70. The van der Waals surface area contributed by atoms with Gasteiger partial charge in [0.15, 0.2) is 0 Å². The lowest BCUT2D eigenvalue weighted by atomic mass is 10.2. The first-order valence-electron chi connectivity index (χ1n) is 7.29. The molecule has 0 saturated heterocycles. The minimum Gasteiger partial charge on any atom is -0.444 e. The lowest BCUT2D eigenvalue weighted by Gasteiger charge is -2.10. The third kappa shape index (κ3) is 3.85. The highest BCUT2D eigenvalue weighted by atomic mass is 35.5. The van der Waals surface area contributed by atoms with Gasteiger partial charge in [-0.2, -0.15) is 4.37 Å². The molecule has 130 valence electrons. The number of benzene rings is 2. The van der Waals surface area contributed by atoms with Crippen LogP contribution in [0.15, 0.2) is 29.3 Å². The molecule has 3 aromatic rings. The maximum absolute atomic E-state index is 6.33. The summed E-state index contributed by atoms with van der Waals surface area (Å²) in [7, 11) is 3.79. The van der Waals surface area contributed by atoms with Crippen molar-refractivity contribution in [3.63, 3.8) is 0 Å². The van der Waals surface area contributed by atoms with Crippen LogP contribution in [0.25, 0.3) is 10.9 Å². The Hall–Kier alpha value is -1.53. The van der Waals surface area contributed by atoms with E-state index in [0.717, 1.165) is 5.56 Å². The Bertz CT molecular complexity index is 969. The van der Waals surface area contributed by atoms with Crippen molar-refractivity contribution in [1.82, 2.24) is 9.27 Å². The summed E-state index contributed by atoms with van der Waals surface area (Å²) < 4.78 is 10.4. The predicted molar refractivity (Wildman–Crippen MR) is 108 cm³/mol. The topological polar surface area (TPSA) is 37.7 Å². The molecule has 4 nitrogen and oxygen atoms in total. The van der Waals surface area contributed by atoms with Crippen LogP contribution < -0.4 is 4.74 Å². The van der Waals surface area contributed by atoms with Gasteiger partial charge in [-0.1, -0.05) is 34.8 Å². The highest BCUT2D eigenvalue weighted by molar-refractivity contribution is 7.09. The zero-order chi connectivity index (χ0) is 18.1. The van der Waals surface area contributed by atoms with Crippen LogP contribution in [0.3, 0.4) is 0 Å². The van der Waals surface area contributed by atoms with Crippen molar-refractivity contribution >= 4 is 69.3 Å². The molecule has 0 aliphatic rings. The van der Waals surface area contributed by atoms with E-state index in [9.17, 15) is 0 Å². The molecule has 2 aromatic carbocycles. The third-order valence-corrected chi connectivity index (χ3v) is 5.03. The van der Waals surface area contributed by atoms with Gasteiger partial charge < -0.3 is 9.64 Å². The predicted octanol–water partition coefficient (Wildman–Crippen LogP) is 6.58. The smallest absolute Gasteiger partial charge is 0.209 e. The second-order valence-electron chi connectivity index (χ2n) is 5.60. The van der Waals surface area contributed by atoms with Crippen molar-refractivity contribution < 1.29 is 4.74 Å². The number of rotatable bonds is 4. The summed E-state index contributed by atoms with van der Waals surface area (Å²) in [5.41, 5.74) is 2.20. The van der Waals surface area contributed by atoms with Gasteiger partial charge in [0.1, 0.15) is 11.3 Å². The minimum absolute atomic E-state index is 0.497. The number of aromatic nitrogens is 1. The fraction of sp³-hybridized carbons (Fsp3) is 0.176. The van der Waals surface area contributed by atoms with Gasteiger partial charge in [0.2, 0.25) is 5.06 Å². The number of ether oxygens (including phenoxy) is 1. The van der Waals surface area contributed by atoms with Crippen molar-refractivity contribution in [2.45, 2.75) is 6.92 Å². The molecule has 0 spiro atoms. The van der Waals surface area contributed by atoms with Crippen LogP contribution in [0, 0.1) is 6.92 Å². The average molecular weight is 415 g/mol. The zero-order valence-corrected chi connectivity index (χ0v) is 16.8. The Morgan fingerprint density at radius 2 is 1.84 bits per heavy atom. The summed E-state index contributed by atoms with van der Waals surface area (Å²) >= 11 is 20.0. The molecule has 1 heterocycles. The van der Waals surface area contributed by atoms with Gasteiger partial charge in [-0.15, -0.1) is 0 Å². The number of nitrogens with zero attached hydrogens (tertiary/aromatic N) is 3. The number of fused-ring (bicyclic) bond motifs is 1. The van der Waals surface area contributed by atoms with Crippen LogP contribution >= 0.6 is 46.3 Å². The van der Waals surface area contributed by atoms with E-state index < -0.39 is 0 Å². The van der Waals surface area contributed by atoms with E-state index in [4.69, 9.17) is 39.5 Å². The van der Waals surface area contributed by atoms with Crippen LogP contribution in [0.1, 0.15) is 5.56 Å². The number of hydrogen-bond acceptors (Lipinski definition) is 4. The van der Waals surface area contributed by atoms with E-state index in [2.05, 4.69) is 9.37 Å². The van der Waals surface area contributed by atoms with Crippen LogP contribution in [0.4, 0.5) is 5.69 Å². The molecule has 0 radical (unpaired) electrons. The molecule has 0 N–H and O–H groups in total. The molecular formula is C17H14Cl3N3OS. The number of halogens is 3. The molecule has 3 rings (SSSR count). The quantitative estimate of drug-likeness (QED) is 0.357. The van der Waals surface area contributed by atoms with Gasteiger partial charge in [0.25, 0.3) is 0 Å². The van der Waals surface area contributed by atoms with E-state index >= 15 is 0 Å². The molecule has 1 aromatic heterocycles. The number of aryl methyl sites for hydroxylation is 1. The maximum Gasteiger partial charge on any atom is 0.209 e. The highest BCUT2D eigenvalue weighted by Gasteiger charge is 2.16. The second-order valence-corrected chi connectivity index (χ2v) is 7.56. The van der Waals surface area contributed by atoms with E-state index in [-0.39, 0.29) is 0 Å². The van der Waals surface area contributed by atoms with Crippen LogP contribution in [-0.2, 0) is 0 Å². The zero-order valence-electron chi connectivity index (χ0n) is 13.7. The van der Waals surface area contributed by atoms with Crippen LogP contribution in [-0.4, -0.2) is 29.7 Å². The molecule has 0 unspecified atom stereocenters. The van der Waals surface area contributed by atoms with Crippen molar-refractivity contribution in [3.8, 4) is 10.8 Å². The largest absolute Gasteiger partial charge is 0.444 e. The van der Waals surface area contributed by atoms with Crippen molar-refractivity contribution in [2.24, 2.45) is 4.99 Å². The van der Waals surface area contributed by atoms with Crippen molar-refractivity contribution in [3.05, 3.63) is 44.9 Å². The van der Waals surface area contributed by atoms with Crippen molar-refractivity contribution in [2.75, 3.05) is 14.1 Å². The monoisotopic (exact) mass is 413 g/mol. The molecule has 0 saturated carbocycles. The summed E-state index contributed by atoms with van der Waals surface area (Å²) in [5, 5.41) is 2.85. The SMILES string of the molecule is Cc1cc(N=CN(C)C)c(Cl)cc1Oc1snc2c(Cl)ccc(Cl)c12. The fourth-order valence-electron chi connectivity index (χ4n) is 2.16. The van der Waals surface area contributed by atoms with E-state index in [1.54, 1.807) is 24.5 Å². The Kier molecular flexibility index (Phi) is 5.39. The lowest BCUT2D eigenvalue weighted by Crippen LogP contribution is -2.07. The molecule has 25 heavy (non-hydrogen) atoms. The van der Waals surface area contributed by atoms with Crippen LogP contribution in [0.2, 0.25) is 15.1 Å². The molecule has 0 bridgehead atoms. The maximum atomic E-state index is 6.33. The number of aliphatic imine (C=N–C) groups is 1.